The van der Waals surface area contributed by atoms with Crippen molar-refractivity contribution in [2.45, 2.75) is 26.2 Å². The number of carbonyl (C=O) groups is 1. The Morgan fingerprint density at radius 2 is 2.29 bits per heavy atom. The van der Waals surface area contributed by atoms with Gasteiger partial charge < -0.3 is 4.90 Å². The van der Waals surface area contributed by atoms with Crippen LogP contribution in [0.4, 0.5) is 0 Å². The van der Waals surface area contributed by atoms with E-state index in [0.29, 0.717) is 5.92 Å². The van der Waals surface area contributed by atoms with Gasteiger partial charge in [-0.1, -0.05) is 0 Å². The molecule has 0 radical (unpaired) electrons. The molecule has 1 atom stereocenters. The summed E-state index contributed by atoms with van der Waals surface area (Å²) in [4.78, 5) is 26.4. The highest BCUT2D eigenvalue weighted by Crippen LogP contribution is 2.20. The van der Waals surface area contributed by atoms with E-state index >= 15 is 0 Å². The van der Waals surface area contributed by atoms with E-state index in [0.717, 1.165) is 43.9 Å². The molecular weight excluding hydrogens is 266 g/mol. The van der Waals surface area contributed by atoms with Gasteiger partial charge in [-0.2, -0.15) is 0 Å². The number of carbonyl (C=O) groups excluding carboxylic acids is 1. The molecular formula is C15H19N5O. The highest BCUT2D eigenvalue weighted by atomic mass is 16.2. The Labute approximate surface area is 123 Å². The number of likely N-dealkylation sites (tertiary alicyclic amines) is 1. The van der Waals surface area contributed by atoms with E-state index in [9.17, 15) is 4.79 Å². The fraction of sp³-hybridized carbons (Fsp3) is 0.467. The predicted octanol–water partition coefficient (Wildman–Crippen LogP) is 1.46. The molecule has 2 aromatic rings. The van der Waals surface area contributed by atoms with Crippen LogP contribution in [-0.4, -0.2) is 43.4 Å². The van der Waals surface area contributed by atoms with Crippen LogP contribution in [0.5, 0.6) is 0 Å². The van der Waals surface area contributed by atoms with Crippen LogP contribution in [-0.2, 0) is 11.2 Å². The highest BCUT2D eigenvalue weighted by molar-refractivity contribution is 5.73. The Hall–Kier alpha value is -2.24. The summed E-state index contributed by atoms with van der Waals surface area (Å²) in [6.45, 7) is 3.35. The molecule has 21 heavy (non-hydrogen) atoms. The molecule has 0 saturated carbocycles. The first-order valence-electron chi connectivity index (χ1n) is 7.27. The zero-order valence-corrected chi connectivity index (χ0v) is 12.1. The summed E-state index contributed by atoms with van der Waals surface area (Å²) in [5.41, 5.74) is 0.969. The molecule has 0 N–H and O–H groups in total. The van der Waals surface area contributed by atoms with Gasteiger partial charge in [0.15, 0.2) is 5.82 Å². The second-order valence-electron chi connectivity index (χ2n) is 5.52. The smallest absolute Gasteiger partial charge is 0.219 e. The average molecular weight is 285 g/mol. The number of imidazole rings is 1. The van der Waals surface area contributed by atoms with Crippen LogP contribution in [0.2, 0.25) is 0 Å². The van der Waals surface area contributed by atoms with E-state index in [2.05, 4.69) is 15.0 Å². The van der Waals surface area contributed by atoms with Gasteiger partial charge in [-0.05, 0) is 25.2 Å². The molecule has 1 fully saturated rings. The zero-order chi connectivity index (χ0) is 14.7. The minimum atomic E-state index is 0.165. The number of aromatic nitrogens is 4. The first kappa shape index (κ1) is 13.7. The number of hydrogen-bond acceptors (Lipinski definition) is 4. The molecule has 0 unspecified atom stereocenters. The first-order chi connectivity index (χ1) is 10.2. The van der Waals surface area contributed by atoms with Gasteiger partial charge in [0.2, 0.25) is 5.91 Å². The maximum atomic E-state index is 11.5. The lowest BCUT2D eigenvalue weighted by molar-refractivity contribution is -0.130. The van der Waals surface area contributed by atoms with Gasteiger partial charge in [0, 0.05) is 38.6 Å². The lowest BCUT2D eigenvalue weighted by Gasteiger charge is -2.31. The van der Waals surface area contributed by atoms with Gasteiger partial charge in [-0.15, -0.1) is 0 Å². The topological polar surface area (TPSA) is 63.9 Å². The van der Waals surface area contributed by atoms with Crippen LogP contribution in [0.1, 0.15) is 25.5 Å². The fourth-order valence-corrected chi connectivity index (χ4v) is 2.83. The van der Waals surface area contributed by atoms with E-state index < -0.39 is 0 Å². The third kappa shape index (κ3) is 3.26. The van der Waals surface area contributed by atoms with E-state index in [1.54, 1.807) is 25.6 Å². The normalized spacial score (nSPS) is 18.7. The summed E-state index contributed by atoms with van der Waals surface area (Å²) in [6.07, 6.45) is 11.9. The van der Waals surface area contributed by atoms with Gasteiger partial charge in [0.1, 0.15) is 6.33 Å². The molecule has 6 nitrogen and oxygen atoms in total. The second-order valence-corrected chi connectivity index (χ2v) is 5.52. The summed E-state index contributed by atoms with van der Waals surface area (Å²) in [5.74, 6) is 1.41. The van der Waals surface area contributed by atoms with Crippen molar-refractivity contribution in [3.05, 3.63) is 36.8 Å². The van der Waals surface area contributed by atoms with Gasteiger partial charge in [0.25, 0.3) is 0 Å². The molecule has 2 aromatic heterocycles. The van der Waals surface area contributed by atoms with Gasteiger partial charge >= 0.3 is 0 Å². The Morgan fingerprint density at radius 3 is 3.05 bits per heavy atom. The van der Waals surface area contributed by atoms with Gasteiger partial charge in [0.05, 0.1) is 11.9 Å². The summed E-state index contributed by atoms with van der Waals surface area (Å²) in [7, 11) is 0. The summed E-state index contributed by atoms with van der Waals surface area (Å²) < 4.78 is 1.85. The number of hydrogen-bond donors (Lipinski definition) is 0. The minimum Gasteiger partial charge on any atom is -0.343 e. The largest absolute Gasteiger partial charge is 0.343 e. The quantitative estimate of drug-likeness (QED) is 0.856. The summed E-state index contributed by atoms with van der Waals surface area (Å²) >= 11 is 0. The summed E-state index contributed by atoms with van der Waals surface area (Å²) in [6, 6.07) is 0. The monoisotopic (exact) mass is 285 g/mol. The lowest BCUT2D eigenvalue weighted by atomic mass is 9.93. The van der Waals surface area contributed by atoms with E-state index in [4.69, 9.17) is 0 Å². The van der Waals surface area contributed by atoms with Crippen molar-refractivity contribution >= 4 is 5.91 Å². The highest BCUT2D eigenvalue weighted by Gasteiger charge is 2.22. The molecule has 110 valence electrons. The van der Waals surface area contributed by atoms with Crippen molar-refractivity contribution in [2.75, 3.05) is 13.1 Å². The van der Waals surface area contributed by atoms with Crippen LogP contribution in [0.25, 0.3) is 5.82 Å². The number of piperidine rings is 1. The number of amides is 1. The molecule has 1 aliphatic rings. The van der Waals surface area contributed by atoms with Crippen molar-refractivity contribution in [3.8, 4) is 5.82 Å². The first-order valence-corrected chi connectivity index (χ1v) is 7.27. The number of rotatable bonds is 3. The maximum absolute atomic E-state index is 11.5. The van der Waals surface area contributed by atoms with Crippen LogP contribution in [0.15, 0.2) is 31.1 Å². The van der Waals surface area contributed by atoms with Crippen LogP contribution >= 0.6 is 0 Å². The molecule has 6 heteroatoms. The lowest BCUT2D eigenvalue weighted by Crippen LogP contribution is -2.39. The molecule has 1 aliphatic heterocycles. The molecule has 0 aliphatic carbocycles. The molecule has 1 amide bonds. The van der Waals surface area contributed by atoms with Crippen LogP contribution in [0, 0.1) is 5.92 Å². The Morgan fingerprint density at radius 1 is 1.38 bits per heavy atom. The van der Waals surface area contributed by atoms with Crippen molar-refractivity contribution in [2.24, 2.45) is 5.92 Å². The molecule has 3 rings (SSSR count). The van der Waals surface area contributed by atoms with Crippen molar-refractivity contribution in [1.29, 1.82) is 0 Å². The molecule has 3 heterocycles. The van der Waals surface area contributed by atoms with Crippen molar-refractivity contribution in [1.82, 2.24) is 24.4 Å². The van der Waals surface area contributed by atoms with Crippen LogP contribution < -0.4 is 0 Å². The Bertz CT molecular complexity index is 610. The molecule has 1 saturated heterocycles. The maximum Gasteiger partial charge on any atom is 0.219 e. The third-order valence-corrected chi connectivity index (χ3v) is 3.90. The number of nitrogens with zero attached hydrogens (tertiary/aromatic N) is 5. The van der Waals surface area contributed by atoms with Crippen molar-refractivity contribution in [3.63, 3.8) is 0 Å². The zero-order valence-electron chi connectivity index (χ0n) is 12.1. The minimum absolute atomic E-state index is 0.165. The van der Waals surface area contributed by atoms with Gasteiger partial charge in [-0.25, -0.2) is 9.97 Å². The van der Waals surface area contributed by atoms with Gasteiger partial charge in [-0.3, -0.25) is 14.3 Å². The second kappa shape index (κ2) is 6.03. The predicted molar refractivity (Wildman–Crippen MR) is 77.8 cm³/mol. The molecule has 0 aromatic carbocycles. The summed E-state index contributed by atoms with van der Waals surface area (Å²) in [5, 5.41) is 0. The Balaban J connectivity index is 1.70. The molecule has 0 spiro atoms. The van der Waals surface area contributed by atoms with Crippen LogP contribution in [0.3, 0.4) is 0 Å². The standard InChI is InChI=1S/C15H19N5O/c1-12(21)19-5-2-3-13(10-19)7-14-8-17-9-15(18-14)20-6-4-16-11-20/h4,6,8-9,11,13H,2-3,5,7,10H2,1H3/t13-/m0/s1. The van der Waals surface area contributed by atoms with E-state index in [1.807, 2.05) is 21.9 Å². The van der Waals surface area contributed by atoms with E-state index in [1.165, 1.54) is 0 Å². The third-order valence-electron chi connectivity index (χ3n) is 3.90. The Kier molecular flexibility index (Phi) is 3.94. The average Bonchev–Trinajstić information content (AvgIpc) is 3.02. The SMILES string of the molecule is CC(=O)N1CCC[C@@H](Cc2cncc(-n3ccnc3)n2)C1. The van der Waals surface area contributed by atoms with Crippen molar-refractivity contribution < 1.29 is 4.79 Å². The molecule has 0 bridgehead atoms. The fourth-order valence-electron chi connectivity index (χ4n) is 2.83. The van der Waals surface area contributed by atoms with E-state index in [-0.39, 0.29) is 5.91 Å².